The van der Waals surface area contributed by atoms with E-state index in [0.717, 1.165) is 24.1 Å². The van der Waals surface area contributed by atoms with Crippen molar-refractivity contribution in [3.63, 3.8) is 0 Å². The number of rotatable bonds is 5. The van der Waals surface area contributed by atoms with Crippen LogP contribution in [0, 0.1) is 6.92 Å². The molecule has 0 unspecified atom stereocenters. The number of nitrogens with one attached hydrogen (secondary N) is 1. The average molecular weight is 312 g/mol. The van der Waals surface area contributed by atoms with Gasteiger partial charge in [0, 0.05) is 24.0 Å². The molecule has 3 nitrogen and oxygen atoms in total. The Morgan fingerprint density at radius 2 is 1.91 bits per heavy atom. The van der Waals surface area contributed by atoms with Gasteiger partial charge in [0.1, 0.15) is 0 Å². The maximum Gasteiger partial charge on any atom is 0.203 e. The fraction of sp³-hybridized carbons (Fsp3) is 0.167. The highest BCUT2D eigenvalue weighted by Gasteiger charge is 2.04. The van der Waals surface area contributed by atoms with E-state index in [1.165, 1.54) is 16.7 Å². The number of imidazole rings is 1. The van der Waals surface area contributed by atoms with Crippen LogP contribution in [-0.2, 0) is 13.1 Å². The van der Waals surface area contributed by atoms with E-state index in [1.54, 1.807) is 0 Å². The van der Waals surface area contributed by atoms with Gasteiger partial charge in [-0.2, -0.15) is 0 Å². The molecule has 0 aliphatic rings. The van der Waals surface area contributed by atoms with Crippen molar-refractivity contribution in [2.75, 3.05) is 5.32 Å². The van der Waals surface area contributed by atoms with Crippen LogP contribution >= 0.6 is 11.6 Å². The number of aryl methyl sites for hydroxylation is 1. The Morgan fingerprint density at radius 3 is 2.68 bits per heavy atom. The molecule has 0 saturated heterocycles. The van der Waals surface area contributed by atoms with Crippen molar-refractivity contribution in [3.05, 3.63) is 82.6 Å². The third-order valence-electron chi connectivity index (χ3n) is 3.46. The number of hydrogen-bond acceptors (Lipinski definition) is 2. The molecule has 0 bridgehead atoms. The summed E-state index contributed by atoms with van der Waals surface area (Å²) >= 11 is 6.13. The van der Waals surface area contributed by atoms with Gasteiger partial charge in [-0.15, -0.1) is 0 Å². The molecule has 0 atom stereocenters. The zero-order chi connectivity index (χ0) is 15.4. The second kappa shape index (κ2) is 6.67. The summed E-state index contributed by atoms with van der Waals surface area (Å²) in [5, 5.41) is 4.15. The molecule has 0 aliphatic heterocycles. The topological polar surface area (TPSA) is 29.9 Å². The quantitative estimate of drug-likeness (QED) is 0.751. The van der Waals surface area contributed by atoms with Crippen LogP contribution in [0.1, 0.15) is 16.7 Å². The van der Waals surface area contributed by atoms with Gasteiger partial charge >= 0.3 is 0 Å². The minimum Gasteiger partial charge on any atom is -0.352 e. The summed E-state index contributed by atoms with van der Waals surface area (Å²) in [5.74, 6) is 0.862. The van der Waals surface area contributed by atoms with Gasteiger partial charge in [0.2, 0.25) is 5.95 Å². The first-order valence-corrected chi connectivity index (χ1v) is 7.63. The van der Waals surface area contributed by atoms with Crippen molar-refractivity contribution in [1.82, 2.24) is 9.55 Å². The van der Waals surface area contributed by atoms with Crippen LogP contribution in [-0.4, -0.2) is 9.55 Å². The molecule has 2 aromatic carbocycles. The molecule has 0 fully saturated rings. The SMILES string of the molecule is Cc1cc(Cl)cc(Cn2ccnc2NCc2ccccc2)c1. The molecule has 0 radical (unpaired) electrons. The Balaban J connectivity index is 1.72. The highest BCUT2D eigenvalue weighted by Crippen LogP contribution is 2.17. The van der Waals surface area contributed by atoms with Crippen LogP contribution in [0.4, 0.5) is 5.95 Å². The van der Waals surface area contributed by atoms with Crippen LogP contribution in [0.5, 0.6) is 0 Å². The third-order valence-corrected chi connectivity index (χ3v) is 3.68. The van der Waals surface area contributed by atoms with Crippen molar-refractivity contribution < 1.29 is 0 Å². The lowest BCUT2D eigenvalue weighted by atomic mass is 10.1. The van der Waals surface area contributed by atoms with Crippen LogP contribution in [0.2, 0.25) is 5.02 Å². The number of nitrogens with zero attached hydrogens (tertiary/aromatic N) is 2. The van der Waals surface area contributed by atoms with Gasteiger partial charge < -0.3 is 9.88 Å². The zero-order valence-corrected chi connectivity index (χ0v) is 13.2. The smallest absolute Gasteiger partial charge is 0.203 e. The number of aromatic nitrogens is 2. The lowest BCUT2D eigenvalue weighted by Crippen LogP contribution is -2.08. The van der Waals surface area contributed by atoms with Gasteiger partial charge in [-0.05, 0) is 35.7 Å². The third kappa shape index (κ3) is 3.68. The zero-order valence-electron chi connectivity index (χ0n) is 12.5. The summed E-state index contributed by atoms with van der Waals surface area (Å²) in [6.45, 7) is 3.56. The van der Waals surface area contributed by atoms with E-state index >= 15 is 0 Å². The van der Waals surface area contributed by atoms with Crippen LogP contribution in [0.25, 0.3) is 0 Å². The van der Waals surface area contributed by atoms with E-state index in [2.05, 4.69) is 40.0 Å². The predicted octanol–water partition coefficient (Wildman–Crippen LogP) is 4.51. The molecule has 1 heterocycles. The summed E-state index contributed by atoms with van der Waals surface area (Å²) in [4.78, 5) is 4.39. The van der Waals surface area contributed by atoms with Gasteiger partial charge in [-0.3, -0.25) is 0 Å². The largest absolute Gasteiger partial charge is 0.352 e. The second-order valence-corrected chi connectivity index (χ2v) is 5.79. The molecule has 112 valence electrons. The van der Waals surface area contributed by atoms with Gasteiger partial charge in [0.15, 0.2) is 0 Å². The van der Waals surface area contributed by atoms with E-state index in [1.807, 2.05) is 42.7 Å². The van der Waals surface area contributed by atoms with Crippen molar-refractivity contribution >= 4 is 17.5 Å². The summed E-state index contributed by atoms with van der Waals surface area (Å²) in [6.07, 6.45) is 3.79. The molecule has 22 heavy (non-hydrogen) atoms. The summed E-state index contributed by atoms with van der Waals surface area (Å²) < 4.78 is 2.09. The van der Waals surface area contributed by atoms with E-state index in [0.29, 0.717) is 0 Å². The maximum absolute atomic E-state index is 6.13. The first-order valence-electron chi connectivity index (χ1n) is 7.26. The average Bonchev–Trinajstić information content (AvgIpc) is 2.92. The Labute approximate surface area is 135 Å². The number of halogens is 1. The highest BCUT2D eigenvalue weighted by molar-refractivity contribution is 6.30. The monoisotopic (exact) mass is 311 g/mol. The van der Waals surface area contributed by atoms with Crippen LogP contribution < -0.4 is 5.32 Å². The molecule has 3 rings (SSSR count). The van der Waals surface area contributed by atoms with Gasteiger partial charge in [-0.25, -0.2) is 4.98 Å². The summed E-state index contributed by atoms with van der Waals surface area (Å²) in [5.41, 5.74) is 3.57. The first kappa shape index (κ1) is 14.7. The molecule has 1 aromatic heterocycles. The minimum atomic E-state index is 0.749. The van der Waals surface area contributed by atoms with E-state index in [-0.39, 0.29) is 0 Å². The fourth-order valence-corrected chi connectivity index (χ4v) is 2.79. The lowest BCUT2D eigenvalue weighted by molar-refractivity contribution is 0.796. The Kier molecular flexibility index (Phi) is 4.45. The summed E-state index contributed by atoms with van der Waals surface area (Å²) in [6, 6.07) is 16.4. The molecule has 0 amide bonds. The van der Waals surface area contributed by atoms with Crippen molar-refractivity contribution in [1.29, 1.82) is 0 Å². The molecule has 0 spiro atoms. The maximum atomic E-state index is 6.13. The molecule has 0 aliphatic carbocycles. The van der Waals surface area contributed by atoms with Crippen LogP contribution in [0.3, 0.4) is 0 Å². The lowest BCUT2D eigenvalue weighted by Gasteiger charge is -2.11. The van der Waals surface area contributed by atoms with Crippen molar-refractivity contribution in [2.24, 2.45) is 0 Å². The molecule has 1 N–H and O–H groups in total. The first-order chi connectivity index (χ1) is 10.7. The van der Waals surface area contributed by atoms with Crippen LogP contribution in [0.15, 0.2) is 60.9 Å². The van der Waals surface area contributed by atoms with Crippen molar-refractivity contribution in [3.8, 4) is 0 Å². The predicted molar refractivity (Wildman–Crippen MR) is 91.3 cm³/mol. The van der Waals surface area contributed by atoms with E-state index in [9.17, 15) is 0 Å². The van der Waals surface area contributed by atoms with Gasteiger partial charge in [0.25, 0.3) is 0 Å². The number of hydrogen-bond donors (Lipinski definition) is 1. The number of anilines is 1. The Morgan fingerprint density at radius 1 is 1.09 bits per heavy atom. The molecule has 0 saturated carbocycles. The Bertz CT molecular complexity index is 730. The van der Waals surface area contributed by atoms with Gasteiger partial charge in [0.05, 0.1) is 6.54 Å². The molecular formula is C18H18ClN3. The van der Waals surface area contributed by atoms with Gasteiger partial charge in [-0.1, -0.05) is 48.0 Å². The molecule has 4 heteroatoms. The van der Waals surface area contributed by atoms with Crippen molar-refractivity contribution in [2.45, 2.75) is 20.0 Å². The molecule has 3 aromatic rings. The summed E-state index contributed by atoms with van der Waals surface area (Å²) in [7, 11) is 0. The van der Waals surface area contributed by atoms with E-state index < -0.39 is 0 Å². The highest BCUT2D eigenvalue weighted by atomic mass is 35.5. The second-order valence-electron chi connectivity index (χ2n) is 5.35. The Hall–Kier alpha value is -2.26. The fourth-order valence-electron chi connectivity index (χ4n) is 2.48. The standard InChI is InChI=1S/C18H18ClN3/c1-14-9-16(11-17(19)10-14)13-22-8-7-20-18(22)21-12-15-5-3-2-4-6-15/h2-11H,12-13H2,1H3,(H,20,21). The minimum absolute atomic E-state index is 0.749. The normalized spacial score (nSPS) is 10.6. The van der Waals surface area contributed by atoms with E-state index in [4.69, 9.17) is 11.6 Å². The molecular weight excluding hydrogens is 294 g/mol. The number of benzene rings is 2.